The lowest BCUT2D eigenvalue weighted by molar-refractivity contribution is -0.128. The largest absolute Gasteiger partial charge is 0.328 e. The third-order valence-electron chi connectivity index (χ3n) is 3.88. The van der Waals surface area contributed by atoms with E-state index >= 15 is 0 Å². The van der Waals surface area contributed by atoms with E-state index in [9.17, 15) is 4.79 Å². The number of likely N-dealkylation sites (N-methyl/N-ethyl adjacent to an activating group) is 1. The second-order valence-electron chi connectivity index (χ2n) is 5.55. The Balaban J connectivity index is 2.41. The smallest absolute Gasteiger partial charge is 0.245 e. The van der Waals surface area contributed by atoms with E-state index < -0.39 is 0 Å². The van der Waals surface area contributed by atoms with E-state index in [-0.39, 0.29) is 17.5 Å². The molecule has 1 fully saturated rings. The van der Waals surface area contributed by atoms with Crippen LogP contribution in [0.5, 0.6) is 0 Å². The Morgan fingerprint density at radius 2 is 2.05 bits per heavy atom. The monoisotopic (exact) mass is 325 g/mol. The molecule has 1 saturated heterocycles. The van der Waals surface area contributed by atoms with Crippen LogP contribution in [-0.2, 0) is 4.79 Å². The minimum absolute atomic E-state index is 0.0659. The first kappa shape index (κ1) is 14.5. The van der Waals surface area contributed by atoms with Crippen molar-refractivity contribution in [2.24, 2.45) is 5.73 Å². The van der Waals surface area contributed by atoms with Crippen LogP contribution >= 0.6 is 15.9 Å². The van der Waals surface area contributed by atoms with Gasteiger partial charge in [-0.3, -0.25) is 9.69 Å². The molecule has 1 aromatic carbocycles. The standard InChI is InChI=1S/C14H20BrN3O/c1-14(2)9-18(11-7-5-4-6-10(11)15)13(19)12(8-16)17(14)3/h4-7,12H,8-9,16H2,1-3H3. The van der Waals surface area contributed by atoms with Crippen LogP contribution in [0.1, 0.15) is 13.8 Å². The van der Waals surface area contributed by atoms with Gasteiger partial charge in [-0.1, -0.05) is 12.1 Å². The van der Waals surface area contributed by atoms with Gasteiger partial charge in [-0.05, 0) is 49.0 Å². The summed E-state index contributed by atoms with van der Waals surface area (Å²) in [6, 6.07) is 7.52. The van der Waals surface area contributed by atoms with Gasteiger partial charge in [0.1, 0.15) is 6.04 Å². The van der Waals surface area contributed by atoms with Crippen LogP contribution < -0.4 is 10.6 Å². The van der Waals surface area contributed by atoms with Crippen molar-refractivity contribution in [1.29, 1.82) is 0 Å². The quantitative estimate of drug-likeness (QED) is 0.902. The molecule has 0 radical (unpaired) electrons. The molecule has 2 N–H and O–H groups in total. The molecule has 1 heterocycles. The van der Waals surface area contributed by atoms with E-state index in [1.54, 1.807) is 0 Å². The normalized spacial score (nSPS) is 23.7. The highest BCUT2D eigenvalue weighted by molar-refractivity contribution is 9.10. The second-order valence-corrected chi connectivity index (χ2v) is 6.40. The van der Waals surface area contributed by atoms with E-state index in [2.05, 4.69) is 34.7 Å². The molecule has 0 aliphatic carbocycles. The number of para-hydroxylation sites is 1. The van der Waals surface area contributed by atoms with E-state index in [0.717, 1.165) is 10.2 Å². The van der Waals surface area contributed by atoms with Crippen LogP contribution in [0, 0.1) is 0 Å². The first-order valence-electron chi connectivity index (χ1n) is 6.37. The number of carbonyl (C=O) groups is 1. The van der Waals surface area contributed by atoms with Gasteiger partial charge in [0.15, 0.2) is 0 Å². The van der Waals surface area contributed by atoms with Crippen molar-refractivity contribution in [2.75, 3.05) is 25.0 Å². The lowest BCUT2D eigenvalue weighted by atomic mass is 9.94. The second kappa shape index (κ2) is 5.23. The Labute approximate surface area is 122 Å². The molecule has 0 bridgehead atoms. The fourth-order valence-electron chi connectivity index (χ4n) is 2.48. The summed E-state index contributed by atoms with van der Waals surface area (Å²) in [5.74, 6) is 0.0659. The molecule has 104 valence electrons. The number of nitrogens with two attached hydrogens (primary N) is 1. The van der Waals surface area contributed by atoms with Gasteiger partial charge in [0, 0.05) is 23.1 Å². The molecule has 1 aliphatic rings. The maximum atomic E-state index is 12.6. The molecule has 0 aromatic heterocycles. The summed E-state index contributed by atoms with van der Waals surface area (Å²) in [6.45, 7) is 5.25. The summed E-state index contributed by atoms with van der Waals surface area (Å²) >= 11 is 3.52. The van der Waals surface area contributed by atoms with Gasteiger partial charge in [0.2, 0.25) is 5.91 Å². The molecule has 1 aromatic rings. The zero-order chi connectivity index (χ0) is 14.2. The lowest BCUT2D eigenvalue weighted by Crippen LogP contribution is -2.67. The van der Waals surface area contributed by atoms with E-state index in [0.29, 0.717) is 13.1 Å². The van der Waals surface area contributed by atoms with Gasteiger partial charge in [-0.25, -0.2) is 0 Å². The van der Waals surface area contributed by atoms with Crippen molar-refractivity contribution in [3.8, 4) is 0 Å². The fourth-order valence-corrected chi connectivity index (χ4v) is 2.98. The molecular weight excluding hydrogens is 306 g/mol. The first-order valence-corrected chi connectivity index (χ1v) is 7.16. The third-order valence-corrected chi connectivity index (χ3v) is 4.56. The van der Waals surface area contributed by atoms with Crippen molar-refractivity contribution in [3.05, 3.63) is 28.7 Å². The Morgan fingerprint density at radius 3 is 2.63 bits per heavy atom. The molecule has 0 spiro atoms. The molecule has 1 atom stereocenters. The highest BCUT2D eigenvalue weighted by atomic mass is 79.9. The molecule has 19 heavy (non-hydrogen) atoms. The number of amides is 1. The van der Waals surface area contributed by atoms with Crippen molar-refractivity contribution in [2.45, 2.75) is 25.4 Å². The number of carbonyl (C=O) groups excluding carboxylic acids is 1. The molecule has 1 aliphatic heterocycles. The number of rotatable bonds is 2. The summed E-state index contributed by atoms with van der Waals surface area (Å²) in [5, 5.41) is 0. The molecular formula is C14H20BrN3O. The van der Waals surface area contributed by atoms with Gasteiger partial charge in [0.25, 0.3) is 0 Å². The predicted molar refractivity (Wildman–Crippen MR) is 81.2 cm³/mol. The molecule has 5 heteroatoms. The summed E-state index contributed by atoms with van der Waals surface area (Å²) in [6.07, 6.45) is 0. The van der Waals surface area contributed by atoms with E-state index in [1.165, 1.54) is 0 Å². The minimum Gasteiger partial charge on any atom is -0.328 e. The van der Waals surface area contributed by atoms with Crippen molar-refractivity contribution >= 4 is 27.5 Å². The van der Waals surface area contributed by atoms with E-state index in [1.807, 2.05) is 36.2 Å². The van der Waals surface area contributed by atoms with Crippen LogP contribution in [0.2, 0.25) is 0 Å². The molecule has 1 amide bonds. The lowest BCUT2D eigenvalue weighted by Gasteiger charge is -2.49. The van der Waals surface area contributed by atoms with Crippen LogP contribution in [0.25, 0.3) is 0 Å². The molecule has 2 rings (SSSR count). The van der Waals surface area contributed by atoms with E-state index in [4.69, 9.17) is 5.73 Å². The number of benzene rings is 1. The number of nitrogens with zero attached hydrogens (tertiary/aromatic N) is 2. The molecule has 4 nitrogen and oxygen atoms in total. The highest BCUT2D eigenvalue weighted by Crippen LogP contribution is 2.32. The maximum Gasteiger partial charge on any atom is 0.245 e. The highest BCUT2D eigenvalue weighted by Gasteiger charge is 2.43. The minimum atomic E-state index is -0.268. The van der Waals surface area contributed by atoms with Gasteiger partial charge >= 0.3 is 0 Å². The number of anilines is 1. The molecule has 0 saturated carbocycles. The summed E-state index contributed by atoms with van der Waals surface area (Å²) in [5.41, 5.74) is 6.59. The topological polar surface area (TPSA) is 49.6 Å². The number of hydrogen-bond donors (Lipinski definition) is 1. The van der Waals surface area contributed by atoms with Gasteiger partial charge in [0.05, 0.1) is 5.69 Å². The summed E-state index contributed by atoms with van der Waals surface area (Å²) in [4.78, 5) is 16.5. The maximum absolute atomic E-state index is 12.6. The Kier molecular flexibility index (Phi) is 3.99. The molecule has 1 unspecified atom stereocenters. The van der Waals surface area contributed by atoms with Crippen molar-refractivity contribution in [3.63, 3.8) is 0 Å². The average molecular weight is 326 g/mol. The van der Waals surface area contributed by atoms with Crippen molar-refractivity contribution in [1.82, 2.24) is 4.90 Å². The number of piperazine rings is 1. The number of halogens is 1. The van der Waals surface area contributed by atoms with Gasteiger partial charge in [-0.2, -0.15) is 0 Å². The average Bonchev–Trinajstić information content (AvgIpc) is 2.36. The van der Waals surface area contributed by atoms with Crippen LogP contribution in [-0.4, -0.2) is 42.5 Å². The van der Waals surface area contributed by atoms with Gasteiger partial charge in [-0.15, -0.1) is 0 Å². The Hall–Kier alpha value is -0.910. The Morgan fingerprint density at radius 1 is 1.42 bits per heavy atom. The van der Waals surface area contributed by atoms with Crippen molar-refractivity contribution < 1.29 is 4.79 Å². The fraction of sp³-hybridized carbons (Fsp3) is 0.500. The SMILES string of the molecule is CN1C(CN)C(=O)N(c2ccccc2Br)CC1(C)C. The third kappa shape index (κ3) is 2.55. The zero-order valence-electron chi connectivity index (χ0n) is 11.6. The summed E-state index contributed by atoms with van der Waals surface area (Å²) < 4.78 is 0.930. The summed E-state index contributed by atoms with van der Waals surface area (Å²) in [7, 11) is 1.97. The van der Waals surface area contributed by atoms with Crippen LogP contribution in [0.3, 0.4) is 0 Å². The zero-order valence-corrected chi connectivity index (χ0v) is 13.1. The first-order chi connectivity index (χ1) is 8.88. The Bertz CT molecular complexity index is 489. The predicted octanol–water partition coefficient (Wildman–Crippen LogP) is 1.83. The van der Waals surface area contributed by atoms with Crippen LogP contribution in [0.4, 0.5) is 5.69 Å². The van der Waals surface area contributed by atoms with Crippen LogP contribution in [0.15, 0.2) is 28.7 Å². The van der Waals surface area contributed by atoms with Gasteiger partial charge < -0.3 is 10.6 Å². The number of hydrogen-bond acceptors (Lipinski definition) is 3.